The third-order valence-electron chi connectivity index (χ3n) is 3.09. The number of benzene rings is 2. The van der Waals surface area contributed by atoms with Crippen molar-refractivity contribution in [1.82, 2.24) is 0 Å². The molecule has 0 fully saturated rings. The molecule has 2 aromatic rings. The van der Waals surface area contributed by atoms with Gasteiger partial charge >= 0.3 is 6.61 Å². The summed E-state index contributed by atoms with van der Waals surface area (Å²) in [5.41, 5.74) is 1.16. The molecule has 0 atom stereocenters. The van der Waals surface area contributed by atoms with E-state index in [4.69, 9.17) is 4.74 Å². The lowest BCUT2D eigenvalue weighted by Gasteiger charge is -2.13. The third-order valence-corrected chi connectivity index (χ3v) is 3.09. The van der Waals surface area contributed by atoms with E-state index in [-0.39, 0.29) is 18.0 Å². The van der Waals surface area contributed by atoms with E-state index in [1.54, 1.807) is 18.2 Å². The Morgan fingerprint density at radius 2 is 1.74 bits per heavy atom. The molecule has 0 heterocycles. The molecule has 0 aromatic heterocycles. The van der Waals surface area contributed by atoms with Crippen LogP contribution >= 0.6 is 0 Å². The second kappa shape index (κ2) is 8.12. The molecule has 0 aliphatic carbocycles. The molecule has 4 nitrogen and oxygen atoms in total. The van der Waals surface area contributed by atoms with E-state index in [1.165, 1.54) is 12.1 Å². The van der Waals surface area contributed by atoms with Crippen LogP contribution in [-0.4, -0.2) is 19.1 Å². The molecule has 1 N–H and O–H groups in total. The summed E-state index contributed by atoms with van der Waals surface area (Å²) in [5, 5.41) is 2.50. The smallest absolute Gasteiger partial charge is 0.387 e. The van der Waals surface area contributed by atoms with Crippen LogP contribution in [0.25, 0.3) is 0 Å². The number of nitrogens with one attached hydrogen (secondary N) is 1. The first-order valence-electron chi connectivity index (χ1n) is 7.14. The van der Waals surface area contributed by atoms with Crippen LogP contribution in [0.3, 0.4) is 0 Å². The fourth-order valence-electron chi connectivity index (χ4n) is 2.03. The lowest BCUT2D eigenvalue weighted by Crippen LogP contribution is -2.21. The van der Waals surface area contributed by atoms with Gasteiger partial charge in [0.1, 0.15) is 11.5 Å². The van der Waals surface area contributed by atoms with E-state index in [1.807, 2.05) is 25.1 Å². The molecule has 122 valence electrons. The number of alkyl halides is 2. The number of aryl methyl sites for hydroxylation is 1. The van der Waals surface area contributed by atoms with Crippen LogP contribution in [0.2, 0.25) is 0 Å². The minimum atomic E-state index is -2.96. The molecule has 2 rings (SSSR count). The largest absolute Gasteiger partial charge is 0.483 e. The van der Waals surface area contributed by atoms with Gasteiger partial charge in [-0.15, -0.1) is 0 Å². The van der Waals surface area contributed by atoms with Gasteiger partial charge in [-0.25, -0.2) is 0 Å². The van der Waals surface area contributed by atoms with Gasteiger partial charge in [0.15, 0.2) is 6.61 Å². The van der Waals surface area contributed by atoms with Crippen molar-refractivity contribution in [2.45, 2.75) is 20.0 Å². The number of carbonyl (C=O) groups is 1. The summed E-state index contributed by atoms with van der Waals surface area (Å²) in [5.74, 6) is 0.0771. The summed E-state index contributed by atoms with van der Waals surface area (Å²) in [7, 11) is 0. The Morgan fingerprint density at radius 1 is 1.09 bits per heavy atom. The molecule has 0 unspecified atom stereocenters. The summed E-state index contributed by atoms with van der Waals surface area (Å²) in [6.45, 7) is -1.19. The molecular formula is C17H17F2NO3. The number of ether oxygens (including phenoxy) is 2. The van der Waals surface area contributed by atoms with Crippen molar-refractivity contribution >= 4 is 11.6 Å². The first kappa shape index (κ1) is 16.7. The molecule has 0 saturated heterocycles. The highest BCUT2D eigenvalue weighted by Gasteiger charge is 2.12. The average molecular weight is 321 g/mol. The van der Waals surface area contributed by atoms with Crippen LogP contribution in [0.5, 0.6) is 11.5 Å². The Bertz CT molecular complexity index is 662. The van der Waals surface area contributed by atoms with Crippen LogP contribution < -0.4 is 14.8 Å². The molecule has 2 aromatic carbocycles. The molecule has 0 spiro atoms. The predicted octanol–water partition coefficient (Wildman–Crippen LogP) is 3.87. The van der Waals surface area contributed by atoms with E-state index in [0.29, 0.717) is 5.75 Å². The number of halogens is 2. The van der Waals surface area contributed by atoms with Gasteiger partial charge in [-0.05, 0) is 30.2 Å². The average Bonchev–Trinajstić information content (AvgIpc) is 2.54. The van der Waals surface area contributed by atoms with Gasteiger partial charge in [-0.3, -0.25) is 4.79 Å². The molecular weight excluding hydrogens is 304 g/mol. The van der Waals surface area contributed by atoms with Crippen LogP contribution in [0.15, 0.2) is 48.5 Å². The Hall–Kier alpha value is -2.63. The van der Waals surface area contributed by atoms with Gasteiger partial charge in [0.2, 0.25) is 0 Å². The van der Waals surface area contributed by atoms with Crippen LogP contribution in [0, 0.1) is 0 Å². The summed E-state index contributed by atoms with van der Waals surface area (Å²) in [6.07, 6.45) is 0.781. The molecule has 0 radical (unpaired) electrons. The number of carbonyl (C=O) groups excluding carboxylic acids is 1. The molecule has 0 saturated carbocycles. The van der Waals surface area contributed by atoms with Crippen molar-refractivity contribution in [3.8, 4) is 11.5 Å². The first-order chi connectivity index (χ1) is 11.1. The third kappa shape index (κ3) is 4.95. The molecule has 1 amide bonds. The van der Waals surface area contributed by atoms with Crippen molar-refractivity contribution < 1.29 is 23.0 Å². The highest BCUT2D eigenvalue weighted by molar-refractivity contribution is 5.93. The quantitative estimate of drug-likeness (QED) is 0.842. The Morgan fingerprint density at radius 3 is 2.43 bits per heavy atom. The highest BCUT2D eigenvalue weighted by atomic mass is 19.3. The van der Waals surface area contributed by atoms with E-state index in [0.717, 1.165) is 12.0 Å². The number of rotatable bonds is 7. The number of amides is 1. The standard InChI is InChI=1S/C17H17F2NO3/c1-2-12-7-3-5-9-14(12)22-11-16(21)20-13-8-4-6-10-15(13)23-17(18)19/h3-10,17H,2,11H2,1H3,(H,20,21). The van der Waals surface area contributed by atoms with E-state index in [9.17, 15) is 13.6 Å². The minimum Gasteiger partial charge on any atom is -0.483 e. The van der Waals surface area contributed by atoms with E-state index < -0.39 is 12.5 Å². The summed E-state index contributed by atoms with van der Waals surface area (Å²) in [4.78, 5) is 11.9. The second-order valence-corrected chi connectivity index (χ2v) is 4.67. The van der Waals surface area contributed by atoms with Crippen LogP contribution in [-0.2, 0) is 11.2 Å². The van der Waals surface area contributed by atoms with Gasteiger partial charge in [-0.2, -0.15) is 8.78 Å². The van der Waals surface area contributed by atoms with Gasteiger partial charge in [-0.1, -0.05) is 37.3 Å². The van der Waals surface area contributed by atoms with Crippen molar-refractivity contribution in [3.05, 3.63) is 54.1 Å². The first-order valence-corrected chi connectivity index (χ1v) is 7.14. The normalized spacial score (nSPS) is 10.4. The zero-order valence-electron chi connectivity index (χ0n) is 12.6. The van der Waals surface area contributed by atoms with Gasteiger partial charge in [0, 0.05) is 0 Å². The fourth-order valence-corrected chi connectivity index (χ4v) is 2.03. The topological polar surface area (TPSA) is 47.6 Å². The Balaban J connectivity index is 1.97. The van der Waals surface area contributed by atoms with E-state index in [2.05, 4.69) is 10.1 Å². The van der Waals surface area contributed by atoms with Crippen LogP contribution in [0.1, 0.15) is 12.5 Å². The molecule has 0 aliphatic heterocycles. The van der Waals surface area contributed by atoms with Crippen molar-refractivity contribution in [1.29, 1.82) is 0 Å². The summed E-state index contributed by atoms with van der Waals surface area (Å²) in [6, 6.07) is 13.4. The lowest BCUT2D eigenvalue weighted by atomic mass is 10.1. The SMILES string of the molecule is CCc1ccccc1OCC(=O)Nc1ccccc1OC(F)F. The predicted molar refractivity (Wildman–Crippen MR) is 83.0 cm³/mol. The monoisotopic (exact) mass is 321 g/mol. The zero-order valence-corrected chi connectivity index (χ0v) is 12.6. The zero-order chi connectivity index (χ0) is 16.7. The van der Waals surface area contributed by atoms with Crippen molar-refractivity contribution in [3.63, 3.8) is 0 Å². The maximum absolute atomic E-state index is 12.3. The Labute approximate surface area is 133 Å². The summed E-state index contributed by atoms with van der Waals surface area (Å²) < 4.78 is 34.5. The fraction of sp³-hybridized carbons (Fsp3) is 0.235. The maximum Gasteiger partial charge on any atom is 0.387 e. The minimum absolute atomic E-state index is 0.0928. The Kier molecular flexibility index (Phi) is 5.91. The molecule has 0 aliphatic rings. The van der Waals surface area contributed by atoms with Gasteiger partial charge < -0.3 is 14.8 Å². The second-order valence-electron chi connectivity index (χ2n) is 4.67. The lowest BCUT2D eigenvalue weighted by molar-refractivity contribution is -0.118. The van der Waals surface area contributed by atoms with Crippen LogP contribution in [0.4, 0.5) is 14.5 Å². The number of hydrogen-bond donors (Lipinski definition) is 1. The van der Waals surface area contributed by atoms with Crippen molar-refractivity contribution in [2.24, 2.45) is 0 Å². The summed E-state index contributed by atoms with van der Waals surface area (Å²) >= 11 is 0. The molecule has 6 heteroatoms. The van der Waals surface area contributed by atoms with Gasteiger partial charge in [0.05, 0.1) is 5.69 Å². The number of anilines is 1. The van der Waals surface area contributed by atoms with Crippen molar-refractivity contribution in [2.75, 3.05) is 11.9 Å². The number of hydrogen-bond acceptors (Lipinski definition) is 3. The number of para-hydroxylation sites is 3. The maximum atomic E-state index is 12.3. The molecule has 23 heavy (non-hydrogen) atoms. The molecule has 0 bridgehead atoms. The van der Waals surface area contributed by atoms with Gasteiger partial charge in [0.25, 0.3) is 5.91 Å². The van der Waals surface area contributed by atoms with E-state index >= 15 is 0 Å². The highest BCUT2D eigenvalue weighted by Crippen LogP contribution is 2.25.